The van der Waals surface area contributed by atoms with Crippen LogP contribution < -0.4 is 0 Å². The lowest BCUT2D eigenvalue weighted by atomic mass is 9.85. The summed E-state index contributed by atoms with van der Waals surface area (Å²) in [6.07, 6.45) is 8.41. The molecule has 0 amide bonds. The van der Waals surface area contributed by atoms with Crippen molar-refractivity contribution in [3.63, 3.8) is 0 Å². The van der Waals surface area contributed by atoms with Crippen LogP contribution in [0.1, 0.15) is 38.5 Å². The SMILES string of the molecule is CN(CCC1CCCCC1)CC1(C#N)COC1. The third-order valence-electron chi connectivity index (χ3n) is 4.21. The highest BCUT2D eigenvalue weighted by Crippen LogP contribution is 2.29. The van der Waals surface area contributed by atoms with Crippen LogP contribution >= 0.6 is 0 Å². The predicted octanol–water partition coefficient (Wildman–Crippen LogP) is 2.43. The van der Waals surface area contributed by atoms with Crippen LogP contribution in [-0.4, -0.2) is 38.3 Å². The molecule has 0 N–H and O–H groups in total. The van der Waals surface area contributed by atoms with Crippen molar-refractivity contribution in [3.8, 4) is 6.07 Å². The van der Waals surface area contributed by atoms with E-state index in [1.807, 2.05) is 0 Å². The minimum Gasteiger partial charge on any atom is -0.378 e. The summed E-state index contributed by atoms with van der Waals surface area (Å²) in [5.74, 6) is 0.932. The van der Waals surface area contributed by atoms with Crippen LogP contribution in [0.5, 0.6) is 0 Å². The lowest BCUT2D eigenvalue weighted by molar-refractivity contribution is -0.0891. The standard InChI is InChI=1S/C14H24N2O/c1-16(10-14(9-15)11-17-12-14)8-7-13-5-3-2-4-6-13/h13H,2-8,10-12H2,1H3. The second-order valence-electron chi connectivity index (χ2n) is 5.92. The van der Waals surface area contributed by atoms with Crippen molar-refractivity contribution in [1.29, 1.82) is 5.26 Å². The maximum atomic E-state index is 9.15. The quantitative estimate of drug-likeness (QED) is 0.735. The minimum absolute atomic E-state index is 0.207. The van der Waals surface area contributed by atoms with Gasteiger partial charge >= 0.3 is 0 Å². The molecule has 0 atom stereocenters. The second-order valence-corrected chi connectivity index (χ2v) is 5.92. The summed E-state index contributed by atoms with van der Waals surface area (Å²) in [5, 5.41) is 9.15. The molecule has 0 aromatic heterocycles. The summed E-state index contributed by atoms with van der Waals surface area (Å²) < 4.78 is 5.18. The molecule has 1 saturated carbocycles. The van der Waals surface area contributed by atoms with Crippen molar-refractivity contribution in [3.05, 3.63) is 0 Å². The molecule has 0 unspecified atom stereocenters. The molecule has 17 heavy (non-hydrogen) atoms. The Morgan fingerprint density at radius 1 is 1.29 bits per heavy atom. The fourth-order valence-electron chi connectivity index (χ4n) is 3.01. The van der Waals surface area contributed by atoms with Gasteiger partial charge in [-0.3, -0.25) is 0 Å². The topological polar surface area (TPSA) is 36.3 Å². The highest BCUT2D eigenvalue weighted by Gasteiger charge is 2.39. The van der Waals surface area contributed by atoms with Crippen LogP contribution in [-0.2, 0) is 4.74 Å². The van der Waals surface area contributed by atoms with Crippen LogP contribution in [0.4, 0.5) is 0 Å². The van der Waals surface area contributed by atoms with Crippen molar-refractivity contribution < 1.29 is 4.74 Å². The first-order valence-corrected chi connectivity index (χ1v) is 6.92. The van der Waals surface area contributed by atoms with E-state index >= 15 is 0 Å². The molecule has 2 rings (SSSR count). The monoisotopic (exact) mass is 236 g/mol. The Morgan fingerprint density at radius 3 is 2.53 bits per heavy atom. The Hall–Kier alpha value is -0.590. The van der Waals surface area contributed by atoms with Gasteiger partial charge in [0.2, 0.25) is 0 Å². The molecule has 3 heteroatoms. The van der Waals surface area contributed by atoms with Gasteiger partial charge in [-0.15, -0.1) is 0 Å². The smallest absolute Gasteiger partial charge is 0.116 e. The fraction of sp³-hybridized carbons (Fsp3) is 0.929. The molecular weight excluding hydrogens is 212 g/mol. The van der Waals surface area contributed by atoms with Crippen molar-refractivity contribution in [2.24, 2.45) is 11.3 Å². The van der Waals surface area contributed by atoms with Crippen LogP contribution in [0.15, 0.2) is 0 Å². The van der Waals surface area contributed by atoms with Gasteiger partial charge in [0, 0.05) is 6.54 Å². The summed E-state index contributed by atoms with van der Waals surface area (Å²) in [6.45, 7) is 3.25. The first-order valence-electron chi connectivity index (χ1n) is 6.92. The lowest BCUT2D eigenvalue weighted by Crippen LogP contribution is -2.49. The molecule has 96 valence electrons. The van der Waals surface area contributed by atoms with E-state index in [4.69, 9.17) is 10.00 Å². The van der Waals surface area contributed by atoms with Gasteiger partial charge in [0.05, 0.1) is 19.3 Å². The summed E-state index contributed by atoms with van der Waals surface area (Å²) in [5.41, 5.74) is -0.207. The van der Waals surface area contributed by atoms with E-state index in [1.165, 1.54) is 38.5 Å². The Bertz CT molecular complexity index is 274. The zero-order valence-corrected chi connectivity index (χ0v) is 11.0. The molecule has 1 saturated heterocycles. The lowest BCUT2D eigenvalue weighted by Gasteiger charge is -2.38. The van der Waals surface area contributed by atoms with Gasteiger partial charge in [0.25, 0.3) is 0 Å². The highest BCUT2D eigenvalue weighted by atomic mass is 16.5. The van der Waals surface area contributed by atoms with Crippen LogP contribution in [0.2, 0.25) is 0 Å². The first-order chi connectivity index (χ1) is 8.24. The third kappa shape index (κ3) is 3.43. The van der Waals surface area contributed by atoms with E-state index in [9.17, 15) is 0 Å². The summed E-state index contributed by atoms with van der Waals surface area (Å²) >= 11 is 0. The average molecular weight is 236 g/mol. The fourth-order valence-corrected chi connectivity index (χ4v) is 3.01. The van der Waals surface area contributed by atoms with Crippen molar-refractivity contribution >= 4 is 0 Å². The zero-order valence-electron chi connectivity index (χ0n) is 11.0. The van der Waals surface area contributed by atoms with E-state index in [2.05, 4.69) is 18.0 Å². The molecule has 0 aromatic rings. The van der Waals surface area contributed by atoms with Crippen LogP contribution in [0.3, 0.4) is 0 Å². The first kappa shape index (κ1) is 12.9. The number of rotatable bonds is 5. The highest BCUT2D eigenvalue weighted by molar-refractivity contribution is 5.05. The summed E-state index contributed by atoms with van der Waals surface area (Å²) in [4.78, 5) is 2.32. The molecule has 3 nitrogen and oxygen atoms in total. The third-order valence-corrected chi connectivity index (χ3v) is 4.21. The maximum absolute atomic E-state index is 9.15. The van der Waals surface area contributed by atoms with E-state index in [1.54, 1.807) is 0 Å². The normalized spacial score (nSPS) is 24.3. The Labute approximate surface area is 105 Å². The molecule has 0 aromatic carbocycles. The molecule has 2 fully saturated rings. The van der Waals surface area contributed by atoms with Gasteiger partial charge in [0.15, 0.2) is 0 Å². The molecule has 2 aliphatic rings. The van der Waals surface area contributed by atoms with Crippen LogP contribution in [0.25, 0.3) is 0 Å². The Balaban J connectivity index is 1.66. The molecule has 1 aliphatic heterocycles. The van der Waals surface area contributed by atoms with E-state index in [0.717, 1.165) is 19.0 Å². The Morgan fingerprint density at radius 2 is 2.00 bits per heavy atom. The zero-order chi connectivity index (χ0) is 12.1. The molecular formula is C14H24N2O. The number of hydrogen-bond acceptors (Lipinski definition) is 3. The largest absolute Gasteiger partial charge is 0.378 e. The molecule has 1 heterocycles. The van der Waals surface area contributed by atoms with Gasteiger partial charge in [-0.1, -0.05) is 32.1 Å². The van der Waals surface area contributed by atoms with Gasteiger partial charge in [-0.2, -0.15) is 5.26 Å². The summed E-state index contributed by atoms with van der Waals surface area (Å²) in [6, 6.07) is 2.42. The van der Waals surface area contributed by atoms with Gasteiger partial charge < -0.3 is 9.64 Å². The van der Waals surface area contributed by atoms with Crippen molar-refractivity contribution in [2.75, 3.05) is 33.4 Å². The van der Waals surface area contributed by atoms with Crippen molar-refractivity contribution in [2.45, 2.75) is 38.5 Å². The van der Waals surface area contributed by atoms with E-state index in [-0.39, 0.29) is 5.41 Å². The van der Waals surface area contributed by atoms with Gasteiger partial charge in [0.1, 0.15) is 5.41 Å². The van der Waals surface area contributed by atoms with E-state index in [0.29, 0.717) is 13.2 Å². The number of nitrogens with zero attached hydrogens (tertiary/aromatic N) is 2. The van der Waals surface area contributed by atoms with Crippen molar-refractivity contribution in [1.82, 2.24) is 4.90 Å². The Kier molecular flexibility index (Phi) is 4.42. The van der Waals surface area contributed by atoms with E-state index < -0.39 is 0 Å². The maximum Gasteiger partial charge on any atom is 0.116 e. The van der Waals surface area contributed by atoms with Gasteiger partial charge in [-0.25, -0.2) is 0 Å². The predicted molar refractivity (Wildman–Crippen MR) is 67.6 cm³/mol. The molecule has 0 spiro atoms. The molecule has 0 bridgehead atoms. The summed E-state index contributed by atoms with van der Waals surface area (Å²) in [7, 11) is 2.14. The second kappa shape index (κ2) is 5.84. The average Bonchev–Trinajstić information content (AvgIpc) is 2.33. The number of hydrogen-bond donors (Lipinski definition) is 0. The number of ether oxygens (including phenoxy) is 1. The van der Waals surface area contributed by atoms with Gasteiger partial charge in [-0.05, 0) is 25.9 Å². The molecule has 1 aliphatic carbocycles. The number of nitriles is 1. The minimum atomic E-state index is -0.207. The molecule has 0 radical (unpaired) electrons. The van der Waals surface area contributed by atoms with Crippen LogP contribution in [0, 0.1) is 22.7 Å².